The molecule has 0 saturated carbocycles. The Bertz CT molecular complexity index is 1160. The number of amides is 1. The van der Waals surface area contributed by atoms with E-state index in [0.29, 0.717) is 18.0 Å². The largest absolute Gasteiger partial charge is 1.00 e. The number of benzene rings is 1. The van der Waals surface area contributed by atoms with Crippen LogP contribution in [0.25, 0.3) is 4.83 Å². The molecular formula is C21H21IN4O4S2. The summed E-state index contributed by atoms with van der Waals surface area (Å²) >= 11 is 3.22. The summed E-state index contributed by atoms with van der Waals surface area (Å²) in [5.74, 6) is 0.606. The average Bonchev–Trinajstić information content (AvgIpc) is 3.38. The lowest BCUT2D eigenvalue weighted by Gasteiger charge is -2.48. The molecule has 168 valence electrons. The van der Waals surface area contributed by atoms with Gasteiger partial charge in [0.2, 0.25) is 17.1 Å². The molecule has 1 amide bonds. The van der Waals surface area contributed by atoms with Crippen LogP contribution in [0.4, 0.5) is 0 Å². The summed E-state index contributed by atoms with van der Waals surface area (Å²) in [7, 11) is 1.60. The van der Waals surface area contributed by atoms with Gasteiger partial charge in [0.1, 0.15) is 48.4 Å². The molecule has 11 heteroatoms. The molecule has 0 spiro atoms. The average molecular weight is 584 g/mol. The lowest BCUT2D eigenvalue weighted by atomic mass is 10.0. The normalized spacial score (nSPS) is 19.9. The Hall–Kier alpha value is -2.09. The number of halogens is 1. The topological polar surface area (TPSA) is 90.1 Å². The second kappa shape index (κ2) is 9.41. The molecule has 4 heterocycles. The summed E-state index contributed by atoms with van der Waals surface area (Å²) in [6, 6.07) is 6.73. The maximum Gasteiger partial charge on any atom is 0.355 e. The molecular weight excluding hydrogens is 563 g/mol. The minimum Gasteiger partial charge on any atom is -1.00 e. The molecule has 2 aromatic heterocycles. The van der Waals surface area contributed by atoms with E-state index in [2.05, 4.69) is 0 Å². The van der Waals surface area contributed by atoms with E-state index >= 15 is 0 Å². The van der Waals surface area contributed by atoms with Crippen molar-refractivity contribution in [3.05, 3.63) is 65.2 Å². The highest BCUT2D eigenvalue weighted by molar-refractivity contribution is 8.00. The van der Waals surface area contributed by atoms with Crippen molar-refractivity contribution in [1.82, 2.24) is 9.30 Å². The van der Waals surface area contributed by atoms with Crippen LogP contribution in [0.2, 0.25) is 0 Å². The lowest BCUT2D eigenvalue weighted by molar-refractivity contribution is -0.687. The van der Waals surface area contributed by atoms with Gasteiger partial charge < -0.3 is 39.2 Å². The second-order valence-corrected chi connectivity index (χ2v) is 9.41. The van der Waals surface area contributed by atoms with Crippen molar-refractivity contribution >= 4 is 39.8 Å². The lowest BCUT2D eigenvalue weighted by Crippen LogP contribution is -3.00. The number of carbonyl (C=O) groups is 2. The Morgan fingerprint density at radius 3 is 2.81 bits per heavy atom. The van der Waals surface area contributed by atoms with E-state index in [-0.39, 0.29) is 41.9 Å². The van der Waals surface area contributed by atoms with Crippen LogP contribution in [0.15, 0.2) is 59.6 Å². The number of thiazole rings is 1. The van der Waals surface area contributed by atoms with Gasteiger partial charge in [0.05, 0.1) is 7.11 Å². The van der Waals surface area contributed by atoms with E-state index in [4.69, 9.17) is 15.2 Å². The number of nitrogens with two attached hydrogens (primary N) is 1. The van der Waals surface area contributed by atoms with E-state index in [1.165, 1.54) is 4.90 Å². The number of aromatic nitrogens is 2. The number of methoxy groups -OCH3 is 1. The smallest absolute Gasteiger partial charge is 0.355 e. The highest BCUT2D eigenvalue weighted by Crippen LogP contribution is 2.40. The van der Waals surface area contributed by atoms with Crippen molar-refractivity contribution in [2.45, 2.75) is 24.6 Å². The molecule has 2 N–H and O–H groups in total. The van der Waals surface area contributed by atoms with E-state index in [1.54, 1.807) is 30.2 Å². The number of nitrogens with zero attached hydrogens (tertiary/aromatic N) is 3. The molecule has 32 heavy (non-hydrogen) atoms. The van der Waals surface area contributed by atoms with Crippen LogP contribution in [0, 0.1) is 0 Å². The number of β-lactam (4-membered cyclic amide) rings is 1. The Morgan fingerprint density at radius 2 is 2.09 bits per heavy atom. The molecule has 2 aliphatic heterocycles. The quantitative estimate of drug-likeness (QED) is 0.165. The first-order chi connectivity index (χ1) is 15.0. The summed E-state index contributed by atoms with van der Waals surface area (Å²) in [6.07, 6.45) is 5.98. The molecule has 0 unspecified atom stereocenters. The molecule has 5 rings (SSSR count). The van der Waals surface area contributed by atoms with Crippen molar-refractivity contribution in [2.75, 3.05) is 12.9 Å². The van der Waals surface area contributed by atoms with E-state index in [1.807, 2.05) is 57.3 Å². The van der Waals surface area contributed by atoms with Gasteiger partial charge in [-0.25, -0.2) is 9.36 Å². The van der Waals surface area contributed by atoms with Crippen LogP contribution in [0.5, 0.6) is 5.75 Å². The van der Waals surface area contributed by atoms with Crippen molar-refractivity contribution in [3.8, 4) is 5.75 Å². The minimum atomic E-state index is -0.580. The van der Waals surface area contributed by atoms with E-state index in [9.17, 15) is 9.59 Å². The number of ether oxygens (including phenoxy) is 2. The Morgan fingerprint density at radius 1 is 1.31 bits per heavy atom. The monoisotopic (exact) mass is 584 g/mol. The van der Waals surface area contributed by atoms with Crippen LogP contribution in [0.3, 0.4) is 0 Å². The fraction of sp³-hybridized carbons (Fsp3) is 0.286. The number of hydrogen-bond acceptors (Lipinski definition) is 7. The van der Waals surface area contributed by atoms with Crippen molar-refractivity contribution in [1.29, 1.82) is 0 Å². The number of fused-ring (bicyclic) bond motifs is 2. The zero-order valence-corrected chi connectivity index (χ0v) is 20.9. The fourth-order valence-corrected chi connectivity index (χ4v) is 5.80. The standard InChI is InChI=1S/C21H21N4O4S2.HI/c1-28-15-4-2-13(3-5-15)10-29-21(27)18-14(11-31-20-17(22)19(26)25(18)20)8-23-9-16-24(12-23)6-7-30-16;/h2-7,9,12,17,20H,8,10-11,22H2,1H3;1H/q+1;/p-1/t17-,20-;/m1./s1. The molecule has 0 bridgehead atoms. The SMILES string of the molecule is COc1ccc(COC(=O)C2=C(C[n+]3cc4sccn4c3)CS[C@@H]3[C@H](N)C(=O)N23)cc1.[I-]. The van der Waals surface area contributed by atoms with Gasteiger partial charge >= 0.3 is 5.97 Å². The molecule has 0 radical (unpaired) electrons. The molecule has 1 fully saturated rings. The number of esters is 1. The third-order valence-electron chi connectivity index (χ3n) is 5.40. The summed E-state index contributed by atoms with van der Waals surface area (Å²) in [5.41, 5.74) is 7.98. The highest BCUT2D eigenvalue weighted by Gasteiger charge is 2.52. The van der Waals surface area contributed by atoms with Gasteiger partial charge in [-0.1, -0.05) is 23.5 Å². The van der Waals surface area contributed by atoms with Gasteiger partial charge in [0.25, 0.3) is 0 Å². The summed E-state index contributed by atoms with van der Waals surface area (Å²) in [6.45, 7) is 0.612. The van der Waals surface area contributed by atoms with Crippen molar-refractivity contribution < 1.29 is 47.6 Å². The van der Waals surface area contributed by atoms with Gasteiger partial charge in [-0.2, -0.15) is 4.40 Å². The van der Waals surface area contributed by atoms with Crippen LogP contribution in [0.1, 0.15) is 5.56 Å². The number of imidazole rings is 1. The van der Waals surface area contributed by atoms with Crippen LogP contribution >= 0.6 is 23.1 Å². The third kappa shape index (κ3) is 4.14. The van der Waals surface area contributed by atoms with Crippen molar-refractivity contribution in [3.63, 3.8) is 0 Å². The molecule has 8 nitrogen and oxygen atoms in total. The number of hydrogen-bond donors (Lipinski definition) is 1. The molecule has 1 aromatic carbocycles. The number of carbonyl (C=O) groups excluding carboxylic acids is 2. The van der Waals surface area contributed by atoms with E-state index in [0.717, 1.165) is 21.7 Å². The molecule has 0 aliphatic carbocycles. The molecule has 3 aromatic rings. The first-order valence-electron chi connectivity index (χ1n) is 9.72. The van der Waals surface area contributed by atoms with Gasteiger partial charge in [-0.05, 0) is 17.7 Å². The predicted octanol–water partition coefficient (Wildman–Crippen LogP) is -1.46. The van der Waals surface area contributed by atoms with Gasteiger partial charge in [0.15, 0.2) is 0 Å². The summed E-state index contributed by atoms with van der Waals surface area (Å²) < 4.78 is 14.8. The van der Waals surface area contributed by atoms with E-state index < -0.39 is 12.0 Å². The second-order valence-electron chi connectivity index (χ2n) is 7.38. The highest BCUT2D eigenvalue weighted by atomic mass is 127. The zero-order valence-electron chi connectivity index (χ0n) is 17.1. The summed E-state index contributed by atoms with van der Waals surface area (Å²) in [4.78, 5) is 28.2. The first kappa shape index (κ1) is 23.1. The molecule has 1 saturated heterocycles. The van der Waals surface area contributed by atoms with Gasteiger partial charge in [-0.3, -0.25) is 9.69 Å². The van der Waals surface area contributed by atoms with Gasteiger partial charge in [0, 0.05) is 16.7 Å². The van der Waals surface area contributed by atoms with Crippen LogP contribution in [-0.2, 0) is 27.5 Å². The minimum absolute atomic E-state index is 0. The maximum absolute atomic E-state index is 13.1. The number of thioether (sulfide) groups is 1. The molecule has 2 aliphatic rings. The first-order valence-corrected chi connectivity index (χ1v) is 11.6. The zero-order chi connectivity index (χ0) is 21.5. The third-order valence-corrected chi connectivity index (χ3v) is 7.57. The number of rotatable bonds is 6. The van der Waals surface area contributed by atoms with Crippen LogP contribution < -0.4 is 39.0 Å². The summed E-state index contributed by atoms with van der Waals surface area (Å²) in [5, 5.41) is 1.80. The maximum atomic E-state index is 13.1. The fourth-order valence-electron chi connectivity index (χ4n) is 3.76. The molecule has 2 atom stereocenters. The Balaban J connectivity index is 0.00000245. The Labute approximate surface area is 210 Å². The van der Waals surface area contributed by atoms with Crippen LogP contribution in [-0.4, -0.2) is 45.5 Å². The Kier molecular flexibility index (Phi) is 6.79. The predicted molar refractivity (Wildman–Crippen MR) is 116 cm³/mol. The van der Waals surface area contributed by atoms with Crippen molar-refractivity contribution in [2.24, 2.45) is 5.73 Å². The van der Waals surface area contributed by atoms with Gasteiger partial charge in [-0.15, -0.1) is 11.8 Å².